The summed E-state index contributed by atoms with van der Waals surface area (Å²) < 4.78 is 16.8. The molecule has 0 rings (SSSR count). The van der Waals surface area contributed by atoms with Crippen LogP contribution in [0.25, 0.3) is 0 Å². The minimum absolute atomic E-state index is 0.0885. The predicted molar refractivity (Wildman–Crippen MR) is 270 cm³/mol. The first-order valence-corrected chi connectivity index (χ1v) is 27.1. The number of carbonyl (C=O) groups is 3. The highest BCUT2D eigenvalue weighted by molar-refractivity contribution is 5.71. The Morgan fingerprint density at radius 3 is 1.05 bits per heavy atom. The van der Waals surface area contributed by atoms with E-state index in [-0.39, 0.29) is 37.5 Å². The fourth-order valence-electron chi connectivity index (χ4n) is 7.76. The lowest BCUT2D eigenvalue weighted by Crippen LogP contribution is -2.30. The number of allylic oxidation sites excluding steroid dienone is 8. The third-order valence-corrected chi connectivity index (χ3v) is 11.8. The van der Waals surface area contributed by atoms with Crippen molar-refractivity contribution in [2.75, 3.05) is 13.2 Å². The normalized spacial score (nSPS) is 12.4. The second-order valence-electron chi connectivity index (χ2n) is 18.1. The molecule has 6 heteroatoms. The van der Waals surface area contributed by atoms with E-state index in [9.17, 15) is 14.4 Å². The Balaban J connectivity index is 4.34. The predicted octanol–water partition coefficient (Wildman–Crippen LogP) is 17.9. The molecule has 0 bridgehead atoms. The van der Waals surface area contributed by atoms with Crippen LogP contribution in [-0.4, -0.2) is 37.2 Å². The van der Waals surface area contributed by atoms with Gasteiger partial charge in [-0.1, -0.05) is 236 Å². The number of hydrogen-bond donors (Lipinski definition) is 0. The smallest absolute Gasteiger partial charge is 0.306 e. The summed E-state index contributed by atoms with van der Waals surface area (Å²) in [7, 11) is 0. The highest BCUT2D eigenvalue weighted by Gasteiger charge is 2.19. The number of unbranched alkanes of at least 4 members (excludes halogenated alkanes) is 30. The fraction of sp³-hybridized carbons (Fsp3) is 0.807. The SMILES string of the molecule is CC/C=C\C/C=C\C/C=C\CCCC(=O)OCC(COC(=O)CCCCCCCCC/C=C\CCCCCCCCCC)OC(=O)CCCCCCCCCCCCCCCCC. The van der Waals surface area contributed by atoms with Gasteiger partial charge >= 0.3 is 17.9 Å². The molecule has 0 aromatic carbocycles. The summed E-state index contributed by atoms with van der Waals surface area (Å²) in [6.45, 7) is 6.49. The summed E-state index contributed by atoms with van der Waals surface area (Å²) in [5, 5.41) is 0. The van der Waals surface area contributed by atoms with Crippen molar-refractivity contribution >= 4 is 17.9 Å². The van der Waals surface area contributed by atoms with Crippen molar-refractivity contribution in [3.05, 3.63) is 48.6 Å². The van der Waals surface area contributed by atoms with Crippen LogP contribution in [0.2, 0.25) is 0 Å². The van der Waals surface area contributed by atoms with Crippen LogP contribution in [-0.2, 0) is 28.6 Å². The molecule has 1 unspecified atom stereocenters. The van der Waals surface area contributed by atoms with Gasteiger partial charge in [-0.25, -0.2) is 0 Å². The van der Waals surface area contributed by atoms with Crippen molar-refractivity contribution in [1.29, 1.82) is 0 Å². The average Bonchev–Trinajstić information content (AvgIpc) is 3.28. The molecular formula is C57H102O6. The zero-order valence-electron chi connectivity index (χ0n) is 41.8. The minimum Gasteiger partial charge on any atom is -0.462 e. The Morgan fingerprint density at radius 2 is 0.635 bits per heavy atom. The molecule has 366 valence electrons. The van der Waals surface area contributed by atoms with Gasteiger partial charge in [0.25, 0.3) is 0 Å². The molecule has 0 saturated carbocycles. The van der Waals surface area contributed by atoms with Crippen LogP contribution in [0.5, 0.6) is 0 Å². The molecule has 0 fully saturated rings. The van der Waals surface area contributed by atoms with Crippen molar-refractivity contribution in [3.63, 3.8) is 0 Å². The molecule has 0 saturated heterocycles. The quantitative estimate of drug-likeness (QED) is 0.0262. The molecule has 0 spiro atoms. The van der Waals surface area contributed by atoms with E-state index < -0.39 is 6.10 Å². The van der Waals surface area contributed by atoms with Gasteiger partial charge in [-0.2, -0.15) is 0 Å². The second-order valence-corrected chi connectivity index (χ2v) is 18.1. The molecule has 0 aromatic rings. The summed E-state index contributed by atoms with van der Waals surface area (Å²) in [6, 6.07) is 0. The highest BCUT2D eigenvalue weighted by Crippen LogP contribution is 2.16. The van der Waals surface area contributed by atoms with Gasteiger partial charge in [-0.3, -0.25) is 14.4 Å². The van der Waals surface area contributed by atoms with E-state index in [0.29, 0.717) is 19.3 Å². The van der Waals surface area contributed by atoms with Gasteiger partial charge in [0.2, 0.25) is 0 Å². The first-order chi connectivity index (χ1) is 31.0. The summed E-state index contributed by atoms with van der Waals surface area (Å²) in [5.74, 6) is -0.939. The van der Waals surface area contributed by atoms with E-state index in [1.54, 1.807) is 0 Å². The molecule has 0 radical (unpaired) electrons. The summed E-state index contributed by atoms with van der Waals surface area (Å²) in [6.07, 6.45) is 62.6. The monoisotopic (exact) mass is 883 g/mol. The summed E-state index contributed by atoms with van der Waals surface area (Å²) >= 11 is 0. The van der Waals surface area contributed by atoms with Gasteiger partial charge in [0, 0.05) is 19.3 Å². The minimum atomic E-state index is -0.791. The lowest BCUT2D eigenvalue weighted by molar-refractivity contribution is -0.167. The molecule has 0 aliphatic heterocycles. The Morgan fingerprint density at radius 1 is 0.333 bits per heavy atom. The Hall–Kier alpha value is -2.63. The van der Waals surface area contributed by atoms with E-state index in [2.05, 4.69) is 69.4 Å². The van der Waals surface area contributed by atoms with Crippen LogP contribution in [0.3, 0.4) is 0 Å². The highest BCUT2D eigenvalue weighted by atomic mass is 16.6. The zero-order valence-corrected chi connectivity index (χ0v) is 41.8. The van der Waals surface area contributed by atoms with Crippen molar-refractivity contribution < 1.29 is 28.6 Å². The third-order valence-electron chi connectivity index (χ3n) is 11.8. The van der Waals surface area contributed by atoms with E-state index in [4.69, 9.17) is 14.2 Å². The maximum atomic E-state index is 12.8. The first-order valence-electron chi connectivity index (χ1n) is 27.1. The second kappa shape index (κ2) is 52.0. The summed E-state index contributed by atoms with van der Waals surface area (Å²) in [4.78, 5) is 38.0. The number of ether oxygens (including phenoxy) is 3. The maximum absolute atomic E-state index is 12.8. The summed E-state index contributed by atoms with van der Waals surface area (Å²) in [5.41, 5.74) is 0. The third kappa shape index (κ3) is 50.2. The van der Waals surface area contributed by atoms with Crippen molar-refractivity contribution in [2.45, 2.75) is 284 Å². The molecule has 0 N–H and O–H groups in total. The van der Waals surface area contributed by atoms with E-state index >= 15 is 0 Å². The van der Waals surface area contributed by atoms with Crippen molar-refractivity contribution in [3.8, 4) is 0 Å². The van der Waals surface area contributed by atoms with Crippen LogP contribution in [0.1, 0.15) is 278 Å². The Labute approximate surface area is 390 Å². The largest absolute Gasteiger partial charge is 0.462 e. The molecule has 0 heterocycles. The van der Waals surface area contributed by atoms with E-state index in [0.717, 1.165) is 64.2 Å². The van der Waals surface area contributed by atoms with Crippen LogP contribution >= 0.6 is 0 Å². The molecule has 1 atom stereocenters. The number of carbonyl (C=O) groups excluding carboxylic acids is 3. The molecule has 6 nitrogen and oxygen atoms in total. The zero-order chi connectivity index (χ0) is 45.8. The standard InChI is InChI=1S/C57H102O6/c1-4-7-10-13-16-19-22-24-26-27-28-29-31-32-35-38-41-44-47-50-56(59)62-53-54(52-61-55(58)49-46-43-40-37-34-21-18-15-12-9-6-3)63-57(60)51-48-45-42-39-36-33-30-25-23-20-17-14-11-8-5-2/h9,12,18,21,27-28,37,40,54H,4-8,10-11,13-17,19-20,22-26,29-36,38-39,41-53H2,1-3H3/b12-9-,21-18-,28-27-,40-37-. The molecule has 0 aromatic heterocycles. The topological polar surface area (TPSA) is 78.9 Å². The lowest BCUT2D eigenvalue weighted by Gasteiger charge is -2.18. The van der Waals surface area contributed by atoms with Crippen LogP contribution in [0.15, 0.2) is 48.6 Å². The van der Waals surface area contributed by atoms with E-state index in [1.807, 2.05) is 0 Å². The molecule has 0 amide bonds. The Bertz CT molecular complexity index is 1110. The number of hydrogen-bond acceptors (Lipinski definition) is 6. The van der Waals surface area contributed by atoms with Crippen LogP contribution in [0.4, 0.5) is 0 Å². The Kier molecular flexibility index (Phi) is 49.8. The lowest BCUT2D eigenvalue weighted by atomic mass is 10.0. The molecular weight excluding hydrogens is 781 g/mol. The molecule has 0 aliphatic carbocycles. The maximum Gasteiger partial charge on any atom is 0.306 e. The number of rotatable bonds is 49. The molecule has 63 heavy (non-hydrogen) atoms. The van der Waals surface area contributed by atoms with Crippen LogP contribution in [0, 0.1) is 0 Å². The average molecular weight is 883 g/mol. The van der Waals surface area contributed by atoms with Gasteiger partial charge in [-0.05, 0) is 70.6 Å². The van der Waals surface area contributed by atoms with Gasteiger partial charge in [0.1, 0.15) is 13.2 Å². The van der Waals surface area contributed by atoms with Gasteiger partial charge in [0.15, 0.2) is 6.10 Å². The fourth-order valence-corrected chi connectivity index (χ4v) is 7.76. The van der Waals surface area contributed by atoms with Crippen molar-refractivity contribution in [1.82, 2.24) is 0 Å². The van der Waals surface area contributed by atoms with Crippen molar-refractivity contribution in [2.24, 2.45) is 0 Å². The molecule has 0 aliphatic rings. The van der Waals surface area contributed by atoms with Gasteiger partial charge in [-0.15, -0.1) is 0 Å². The van der Waals surface area contributed by atoms with Gasteiger partial charge < -0.3 is 14.2 Å². The first kappa shape index (κ1) is 60.4. The van der Waals surface area contributed by atoms with Gasteiger partial charge in [0.05, 0.1) is 0 Å². The van der Waals surface area contributed by atoms with Crippen LogP contribution < -0.4 is 0 Å². The van der Waals surface area contributed by atoms with E-state index in [1.165, 1.54) is 167 Å². The number of esters is 3.